The molecule has 0 saturated carbocycles. The minimum Gasteiger partial charge on any atom is -0.351 e. The van der Waals surface area contributed by atoms with E-state index < -0.39 is 28.9 Å². The number of carbonyl (C=O) groups is 1. The third kappa shape index (κ3) is 3.73. The second kappa shape index (κ2) is 6.05. The van der Waals surface area contributed by atoms with Crippen molar-refractivity contribution in [3.8, 4) is 0 Å². The minimum atomic E-state index is -1.21. The van der Waals surface area contributed by atoms with Crippen molar-refractivity contribution >= 4 is 21.8 Å². The highest BCUT2D eigenvalue weighted by Crippen LogP contribution is 2.14. The average molecular weight is 310 g/mol. The van der Waals surface area contributed by atoms with Crippen LogP contribution < -0.4 is 5.32 Å². The number of carbonyl (C=O) groups excluding carboxylic acids is 1. The average Bonchev–Trinajstić information content (AvgIpc) is 2.24. The Morgan fingerprint density at radius 2 is 1.88 bits per heavy atom. The lowest BCUT2D eigenvalue weighted by Gasteiger charge is -2.10. The van der Waals surface area contributed by atoms with Crippen LogP contribution in [0, 0.1) is 17.5 Å². The van der Waals surface area contributed by atoms with Gasteiger partial charge in [-0.2, -0.15) is 0 Å². The molecule has 1 rings (SSSR count). The standard InChI is InChI=1S/C11H11BrF3NO/c1-2-6(12)5-16-11(17)10-8(14)3-7(13)4-9(10)15/h3-4,6H,2,5H2,1H3,(H,16,17). The number of benzene rings is 1. The second-order valence-corrected chi connectivity index (χ2v) is 4.75. The molecule has 6 heteroatoms. The lowest BCUT2D eigenvalue weighted by molar-refractivity contribution is 0.0945. The molecule has 1 aromatic carbocycles. The summed E-state index contributed by atoms with van der Waals surface area (Å²) in [5.41, 5.74) is -0.762. The van der Waals surface area contributed by atoms with Crippen LogP contribution in [0.25, 0.3) is 0 Å². The Morgan fingerprint density at radius 3 is 2.35 bits per heavy atom. The number of alkyl halides is 1. The highest BCUT2D eigenvalue weighted by atomic mass is 79.9. The summed E-state index contributed by atoms with van der Waals surface area (Å²) in [6, 6.07) is 0.951. The Kier molecular flexibility index (Phi) is 4.99. The fraction of sp³-hybridized carbons (Fsp3) is 0.364. The van der Waals surface area contributed by atoms with Gasteiger partial charge in [0.2, 0.25) is 0 Å². The normalized spacial score (nSPS) is 12.3. The Morgan fingerprint density at radius 1 is 1.35 bits per heavy atom. The van der Waals surface area contributed by atoms with E-state index in [9.17, 15) is 18.0 Å². The number of hydrogen-bond donors (Lipinski definition) is 1. The molecule has 1 unspecified atom stereocenters. The Bertz CT molecular complexity index is 402. The van der Waals surface area contributed by atoms with Crippen LogP contribution >= 0.6 is 15.9 Å². The molecule has 0 radical (unpaired) electrons. The molecule has 1 aromatic rings. The molecule has 0 aliphatic heterocycles. The van der Waals surface area contributed by atoms with Crippen LogP contribution in [0.15, 0.2) is 12.1 Å². The zero-order valence-electron chi connectivity index (χ0n) is 9.07. The predicted molar refractivity (Wildman–Crippen MR) is 61.7 cm³/mol. The zero-order chi connectivity index (χ0) is 13.0. The van der Waals surface area contributed by atoms with Gasteiger partial charge in [0.05, 0.1) is 0 Å². The summed E-state index contributed by atoms with van der Waals surface area (Å²) in [5.74, 6) is -4.35. The van der Waals surface area contributed by atoms with Crippen LogP contribution in [-0.2, 0) is 0 Å². The van der Waals surface area contributed by atoms with Gasteiger partial charge < -0.3 is 5.32 Å². The first kappa shape index (κ1) is 14.0. The van der Waals surface area contributed by atoms with Gasteiger partial charge in [-0.1, -0.05) is 22.9 Å². The Labute approximate surface area is 105 Å². The van der Waals surface area contributed by atoms with Gasteiger partial charge in [-0.25, -0.2) is 13.2 Å². The molecule has 94 valence electrons. The smallest absolute Gasteiger partial charge is 0.257 e. The van der Waals surface area contributed by atoms with E-state index in [2.05, 4.69) is 21.2 Å². The van der Waals surface area contributed by atoms with Crippen molar-refractivity contribution in [3.63, 3.8) is 0 Å². The number of rotatable bonds is 4. The van der Waals surface area contributed by atoms with E-state index in [0.717, 1.165) is 6.42 Å². The fourth-order valence-corrected chi connectivity index (χ4v) is 1.36. The van der Waals surface area contributed by atoms with E-state index in [1.807, 2.05) is 6.92 Å². The topological polar surface area (TPSA) is 29.1 Å². The molecule has 17 heavy (non-hydrogen) atoms. The molecule has 1 amide bonds. The van der Waals surface area contributed by atoms with Crippen molar-refractivity contribution in [1.82, 2.24) is 5.32 Å². The van der Waals surface area contributed by atoms with Gasteiger partial charge in [-0.15, -0.1) is 0 Å². The van der Waals surface area contributed by atoms with E-state index in [0.29, 0.717) is 12.1 Å². The molecule has 0 saturated heterocycles. The zero-order valence-corrected chi connectivity index (χ0v) is 10.7. The summed E-state index contributed by atoms with van der Waals surface area (Å²) < 4.78 is 39.1. The molecule has 0 aromatic heterocycles. The maximum atomic E-state index is 13.2. The number of hydrogen-bond acceptors (Lipinski definition) is 1. The van der Waals surface area contributed by atoms with E-state index in [4.69, 9.17) is 0 Å². The number of halogens is 4. The van der Waals surface area contributed by atoms with E-state index >= 15 is 0 Å². The fourth-order valence-electron chi connectivity index (χ4n) is 1.20. The van der Waals surface area contributed by atoms with Crippen molar-refractivity contribution < 1.29 is 18.0 Å². The lowest BCUT2D eigenvalue weighted by atomic mass is 10.1. The Hall–Kier alpha value is -1.04. The molecule has 0 heterocycles. The molecular weight excluding hydrogens is 299 g/mol. The molecule has 1 atom stereocenters. The van der Waals surface area contributed by atoms with E-state index in [1.54, 1.807) is 0 Å². The van der Waals surface area contributed by atoms with Gasteiger partial charge in [0, 0.05) is 23.5 Å². The van der Waals surface area contributed by atoms with Crippen molar-refractivity contribution in [2.45, 2.75) is 18.2 Å². The molecular formula is C11H11BrF3NO. The number of amides is 1. The molecule has 0 fully saturated rings. The quantitative estimate of drug-likeness (QED) is 0.851. The first-order valence-corrected chi connectivity index (χ1v) is 5.94. The summed E-state index contributed by atoms with van der Waals surface area (Å²) in [6.45, 7) is 2.14. The van der Waals surface area contributed by atoms with Crippen molar-refractivity contribution in [2.24, 2.45) is 0 Å². The maximum Gasteiger partial charge on any atom is 0.257 e. The molecule has 2 nitrogen and oxygen atoms in total. The molecule has 0 bridgehead atoms. The first-order chi connectivity index (χ1) is 7.95. The van der Waals surface area contributed by atoms with Gasteiger partial charge in [0.25, 0.3) is 5.91 Å². The number of nitrogens with one attached hydrogen (secondary N) is 1. The van der Waals surface area contributed by atoms with Crippen LogP contribution in [0.4, 0.5) is 13.2 Å². The van der Waals surface area contributed by atoms with Crippen LogP contribution in [-0.4, -0.2) is 17.3 Å². The predicted octanol–water partition coefficient (Wildman–Crippen LogP) is 3.01. The summed E-state index contributed by atoms with van der Waals surface area (Å²) in [5, 5.41) is 2.36. The molecule has 0 spiro atoms. The summed E-state index contributed by atoms with van der Waals surface area (Å²) >= 11 is 3.26. The molecule has 0 aliphatic rings. The van der Waals surface area contributed by atoms with Gasteiger partial charge in [-0.3, -0.25) is 4.79 Å². The summed E-state index contributed by atoms with van der Waals surface area (Å²) in [6.07, 6.45) is 0.759. The Balaban J connectivity index is 2.82. The van der Waals surface area contributed by atoms with Crippen LogP contribution in [0.3, 0.4) is 0 Å². The van der Waals surface area contributed by atoms with Crippen LogP contribution in [0.2, 0.25) is 0 Å². The first-order valence-electron chi connectivity index (χ1n) is 5.02. The van der Waals surface area contributed by atoms with Crippen molar-refractivity contribution in [3.05, 3.63) is 35.1 Å². The monoisotopic (exact) mass is 309 g/mol. The van der Waals surface area contributed by atoms with Gasteiger partial charge >= 0.3 is 0 Å². The van der Waals surface area contributed by atoms with Crippen LogP contribution in [0.5, 0.6) is 0 Å². The third-order valence-corrected chi connectivity index (χ3v) is 3.13. The maximum absolute atomic E-state index is 13.2. The molecule has 1 N–H and O–H groups in total. The minimum absolute atomic E-state index is 0.0259. The van der Waals surface area contributed by atoms with Crippen molar-refractivity contribution in [1.29, 1.82) is 0 Å². The highest BCUT2D eigenvalue weighted by molar-refractivity contribution is 9.09. The summed E-state index contributed by atoms with van der Waals surface area (Å²) in [4.78, 5) is 11.5. The second-order valence-electron chi connectivity index (χ2n) is 3.46. The van der Waals surface area contributed by atoms with Crippen LogP contribution in [0.1, 0.15) is 23.7 Å². The SMILES string of the molecule is CCC(Br)CNC(=O)c1c(F)cc(F)cc1F. The van der Waals surface area contributed by atoms with E-state index in [1.165, 1.54) is 0 Å². The lowest BCUT2D eigenvalue weighted by Crippen LogP contribution is -2.30. The van der Waals surface area contributed by atoms with Gasteiger partial charge in [0.1, 0.15) is 23.0 Å². The molecule has 0 aliphatic carbocycles. The van der Waals surface area contributed by atoms with Gasteiger partial charge in [0.15, 0.2) is 0 Å². The summed E-state index contributed by atoms with van der Waals surface area (Å²) in [7, 11) is 0. The third-order valence-electron chi connectivity index (χ3n) is 2.16. The van der Waals surface area contributed by atoms with Crippen molar-refractivity contribution in [2.75, 3.05) is 6.54 Å². The van der Waals surface area contributed by atoms with Gasteiger partial charge in [-0.05, 0) is 6.42 Å². The van der Waals surface area contributed by atoms with E-state index in [-0.39, 0.29) is 11.4 Å². The highest BCUT2D eigenvalue weighted by Gasteiger charge is 2.19. The largest absolute Gasteiger partial charge is 0.351 e.